The Labute approximate surface area is 159 Å². The molecule has 0 saturated carbocycles. The van der Waals surface area contributed by atoms with E-state index in [-0.39, 0.29) is 35.9 Å². The minimum atomic E-state index is -3.71. The van der Waals surface area contributed by atoms with Crippen molar-refractivity contribution < 1.29 is 22.7 Å². The highest BCUT2D eigenvalue weighted by Crippen LogP contribution is 2.25. The second-order valence-electron chi connectivity index (χ2n) is 6.89. The highest BCUT2D eigenvalue weighted by molar-refractivity contribution is 7.89. The number of piperazine rings is 1. The van der Waals surface area contributed by atoms with Gasteiger partial charge in [-0.25, -0.2) is 8.42 Å². The topological polar surface area (TPSA) is 96.0 Å². The van der Waals surface area contributed by atoms with E-state index in [9.17, 15) is 18.0 Å². The molecule has 2 fully saturated rings. The maximum absolute atomic E-state index is 13.1. The Morgan fingerprint density at radius 3 is 2.48 bits per heavy atom. The van der Waals surface area contributed by atoms with Crippen molar-refractivity contribution in [2.75, 3.05) is 38.1 Å². The summed E-state index contributed by atoms with van der Waals surface area (Å²) in [5.74, 6) is -0.308. The number of amides is 2. The number of hydrogen-bond donors (Lipinski definition) is 1. The molecule has 27 heavy (non-hydrogen) atoms. The number of carbonyl (C=O) groups excluding carboxylic acids is 2. The van der Waals surface area contributed by atoms with Crippen LogP contribution in [0.2, 0.25) is 0 Å². The normalized spacial score (nSPS) is 21.3. The molecule has 1 atom stereocenters. The predicted molar refractivity (Wildman–Crippen MR) is 99.8 cm³/mol. The van der Waals surface area contributed by atoms with Gasteiger partial charge in [0.2, 0.25) is 15.9 Å². The molecule has 0 spiro atoms. The van der Waals surface area contributed by atoms with Crippen molar-refractivity contribution in [3.05, 3.63) is 23.8 Å². The van der Waals surface area contributed by atoms with Gasteiger partial charge in [-0.05, 0) is 37.5 Å². The quantitative estimate of drug-likeness (QED) is 0.819. The molecule has 2 heterocycles. The lowest BCUT2D eigenvalue weighted by atomic mass is 10.2. The molecule has 1 unspecified atom stereocenters. The van der Waals surface area contributed by atoms with Crippen LogP contribution < -0.4 is 5.32 Å². The molecule has 3 rings (SSSR count). The first kappa shape index (κ1) is 19.8. The SMILES string of the molecule is CC(=O)Nc1ccc(C)c(S(=O)(=O)N2CCN(C(=O)C3CCCO3)CC2)c1. The monoisotopic (exact) mass is 395 g/mol. The lowest BCUT2D eigenvalue weighted by Gasteiger charge is -2.35. The first-order valence-corrected chi connectivity index (χ1v) is 10.5. The lowest BCUT2D eigenvalue weighted by molar-refractivity contribution is -0.142. The van der Waals surface area contributed by atoms with Crippen molar-refractivity contribution in [3.63, 3.8) is 0 Å². The van der Waals surface area contributed by atoms with E-state index in [1.54, 1.807) is 24.0 Å². The maximum atomic E-state index is 13.1. The minimum Gasteiger partial charge on any atom is -0.368 e. The number of rotatable bonds is 4. The van der Waals surface area contributed by atoms with Gasteiger partial charge in [0.25, 0.3) is 5.91 Å². The summed E-state index contributed by atoms with van der Waals surface area (Å²) in [6, 6.07) is 4.83. The number of sulfonamides is 1. The number of hydrogen-bond acceptors (Lipinski definition) is 5. The van der Waals surface area contributed by atoms with E-state index < -0.39 is 10.0 Å². The molecule has 2 aliphatic rings. The molecule has 0 aliphatic carbocycles. The molecule has 0 bridgehead atoms. The van der Waals surface area contributed by atoms with Gasteiger partial charge < -0.3 is 15.0 Å². The van der Waals surface area contributed by atoms with Crippen LogP contribution in [-0.2, 0) is 24.3 Å². The van der Waals surface area contributed by atoms with Crippen LogP contribution in [0.25, 0.3) is 0 Å². The summed E-state index contributed by atoms with van der Waals surface area (Å²) in [5, 5.41) is 2.61. The van der Waals surface area contributed by atoms with Crippen LogP contribution in [0.1, 0.15) is 25.3 Å². The van der Waals surface area contributed by atoms with Crippen LogP contribution in [0, 0.1) is 6.92 Å². The van der Waals surface area contributed by atoms with Crippen molar-refractivity contribution in [3.8, 4) is 0 Å². The summed E-state index contributed by atoms with van der Waals surface area (Å²) in [6.45, 7) is 4.88. The van der Waals surface area contributed by atoms with Crippen LogP contribution in [0.3, 0.4) is 0 Å². The van der Waals surface area contributed by atoms with Crippen molar-refractivity contribution in [2.24, 2.45) is 0 Å². The van der Waals surface area contributed by atoms with Gasteiger partial charge in [0.05, 0.1) is 4.90 Å². The third-order valence-corrected chi connectivity index (χ3v) is 6.92. The van der Waals surface area contributed by atoms with Crippen LogP contribution >= 0.6 is 0 Å². The molecule has 2 saturated heterocycles. The van der Waals surface area contributed by atoms with Crippen molar-refractivity contribution in [1.82, 2.24) is 9.21 Å². The molecule has 8 nitrogen and oxygen atoms in total. The number of benzene rings is 1. The molecule has 1 aromatic rings. The van der Waals surface area contributed by atoms with Gasteiger partial charge in [0.15, 0.2) is 0 Å². The van der Waals surface area contributed by atoms with Crippen LogP contribution in [0.15, 0.2) is 23.1 Å². The zero-order valence-electron chi connectivity index (χ0n) is 15.6. The van der Waals surface area contributed by atoms with E-state index in [0.717, 1.165) is 12.8 Å². The fraction of sp³-hybridized carbons (Fsp3) is 0.556. The molecule has 2 aliphatic heterocycles. The molecule has 1 aromatic carbocycles. The van der Waals surface area contributed by atoms with Gasteiger partial charge in [-0.2, -0.15) is 4.31 Å². The number of nitrogens with zero attached hydrogens (tertiary/aromatic N) is 2. The van der Waals surface area contributed by atoms with E-state index in [1.807, 2.05) is 0 Å². The first-order chi connectivity index (χ1) is 12.8. The highest BCUT2D eigenvalue weighted by atomic mass is 32.2. The number of anilines is 1. The van der Waals surface area contributed by atoms with E-state index in [2.05, 4.69) is 5.32 Å². The molecule has 0 aromatic heterocycles. The standard InChI is InChI=1S/C18H25N3O5S/c1-13-5-6-15(19-14(2)22)12-17(13)27(24,25)21-9-7-20(8-10-21)18(23)16-4-3-11-26-16/h5-6,12,16H,3-4,7-11H2,1-2H3,(H,19,22). The summed E-state index contributed by atoms with van der Waals surface area (Å²) in [4.78, 5) is 25.5. The van der Waals surface area contributed by atoms with Crippen molar-refractivity contribution >= 4 is 27.5 Å². The van der Waals surface area contributed by atoms with Gasteiger partial charge in [-0.15, -0.1) is 0 Å². The summed E-state index contributed by atoms with van der Waals surface area (Å²) >= 11 is 0. The Bertz CT molecular complexity index is 825. The molecule has 0 radical (unpaired) electrons. The number of ether oxygens (including phenoxy) is 1. The van der Waals surface area contributed by atoms with Crippen LogP contribution in [0.4, 0.5) is 5.69 Å². The average Bonchev–Trinajstić information content (AvgIpc) is 3.17. The summed E-state index contributed by atoms with van der Waals surface area (Å²) < 4.78 is 33.0. The Hall–Kier alpha value is -1.97. The van der Waals surface area contributed by atoms with E-state index in [4.69, 9.17) is 4.74 Å². The van der Waals surface area contributed by atoms with E-state index >= 15 is 0 Å². The van der Waals surface area contributed by atoms with Gasteiger partial charge >= 0.3 is 0 Å². The van der Waals surface area contributed by atoms with Gasteiger partial charge in [-0.3, -0.25) is 9.59 Å². The Morgan fingerprint density at radius 2 is 1.89 bits per heavy atom. The van der Waals surface area contributed by atoms with Crippen LogP contribution in [-0.4, -0.2) is 68.3 Å². The Morgan fingerprint density at radius 1 is 1.19 bits per heavy atom. The molecule has 1 N–H and O–H groups in total. The number of carbonyl (C=O) groups is 2. The fourth-order valence-corrected chi connectivity index (χ4v) is 5.10. The minimum absolute atomic E-state index is 0.0478. The maximum Gasteiger partial charge on any atom is 0.251 e. The largest absolute Gasteiger partial charge is 0.368 e. The molecular weight excluding hydrogens is 370 g/mol. The predicted octanol–water partition coefficient (Wildman–Crippen LogP) is 0.965. The summed E-state index contributed by atoms with van der Waals surface area (Å²) in [5.41, 5.74) is 1.06. The van der Waals surface area contributed by atoms with Gasteiger partial charge in [-0.1, -0.05) is 6.07 Å². The summed E-state index contributed by atoms with van der Waals surface area (Å²) in [7, 11) is -3.71. The smallest absolute Gasteiger partial charge is 0.251 e. The van der Waals surface area contributed by atoms with Gasteiger partial charge in [0, 0.05) is 45.4 Å². The number of aryl methyl sites for hydroxylation is 1. The molecule has 9 heteroatoms. The Balaban J connectivity index is 1.71. The number of nitrogens with one attached hydrogen (secondary N) is 1. The zero-order valence-corrected chi connectivity index (χ0v) is 16.4. The molecular formula is C18H25N3O5S. The highest BCUT2D eigenvalue weighted by Gasteiger charge is 2.34. The third-order valence-electron chi connectivity index (χ3n) is 4.88. The van der Waals surface area contributed by atoms with Crippen LogP contribution in [0.5, 0.6) is 0 Å². The van der Waals surface area contributed by atoms with Crippen molar-refractivity contribution in [2.45, 2.75) is 37.7 Å². The van der Waals surface area contributed by atoms with E-state index in [1.165, 1.54) is 17.3 Å². The molecule has 148 valence electrons. The summed E-state index contributed by atoms with van der Waals surface area (Å²) in [6.07, 6.45) is 1.23. The molecule has 2 amide bonds. The van der Waals surface area contributed by atoms with Crippen molar-refractivity contribution in [1.29, 1.82) is 0 Å². The average molecular weight is 395 g/mol. The fourth-order valence-electron chi connectivity index (χ4n) is 3.42. The lowest BCUT2D eigenvalue weighted by Crippen LogP contribution is -2.52. The second-order valence-corrected chi connectivity index (χ2v) is 8.80. The van der Waals surface area contributed by atoms with Gasteiger partial charge in [0.1, 0.15) is 6.10 Å². The van der Waals surface area contributed by atoms with E-state index in [0.29, 0.717) is 30.9 Å². The first-order valence-electron chi connectivity index (χ1n) is 9.08. The zero-order chi connectivity index (χ0) is 19.6. The second kappa shape index (κ2) is 7.95. The third kappa shape index (κ3) is 4.31. The Kier molecular flexibility index (Phi) is 5.83.